The predicted octanol–water partition coefficient (Wildman–Crippen LogP) is 1.32. The van der Waals surface area contributed by atoms with Crippen LogP contribution in [0.4, 0.5) is 4.39 Å². The number of benzene rings is 1. The van der Waals surface area contributed by atoms with E-state index in [1.165, 1.54) is 12.1 Å². The molecule has 3 N–H and O–H groups in total. The Kier molecular flexibility index (Phi) is 3.86. The smallest absolute Gasteiger partial charge is 0.132 e. The van der Waals surface area contributed by atoms with E-state index in [4.69, 9.17) is 0 Å². The topological polar surface area (TPSA) is 60.7 Å². The summed E-state index contributed by atoms with van der Waals surface area (Å²) in [5, 5.41) is 28.1. The molecule has 3 nitrogen and oxygen atoms in total. The van der Waals surface area contributed by atoms with E-state index in [2.05, 4.69) is 15.9 Å². The molecule has 0 fully saturated rings. The van der Waals surface area contributed by atoms with Crippen LogP contribution in [0.2, 0.25) is 0 Å². The van der Waals surface area contributed by atoms with Gasteiger partial charge in [0.1, 0.15) is 17.7 Å². The van der Waals surface area contributed by atoms with E-state index in [0.717, 1.165) is 6.07 Å². The number of hydrogen-bond acceptors (Lipinski definition) is 3. The first kappa shape index (κ1) is 11.4. The summed E-state index contributed by atoms with van der Waals surface area (Å²) in [5.41, 5.74) is -0.278. The number of alkyl halides is 1. The van der Waals surface area contributed by atoms with Crippen LogP contribution in [-0.4, -0.2) is 26.8 Å². The van der Waals surface area contributed by atoms with E-state index in [1.54, 1.807) is 0 Å². The number of phenolic OH excluding ortho intramolecular Hbond substituents is 1. The number of halogens is 2. The summed E-state index contributed by atoms with van der Waals surface area (Å²) in [6.07, 6.45) is -2.59. The van der Waals surface area contributed by atoms with Crippen molar-refractivity contribution in [2.45, 2.75) is 12.2 Å². The van der Waals surface area contributed by atoms with Gasteiger partial charge in [-0.2, -0.15) is 0 Å². The van der Waals surface area contributed by atoms with Crippen LogP contribution in [0.15, 0.2) is 18.2 Å². The van der Waals surface area contributed by atoms with Crippen LogP contribution in [0.25, 0.3) is 0 Å². The van der Waals surface area contributed by atoms with Crippen LogP contribution in [0.1, 0.15) is 11.7 Å². The van der Waals surface area contributed by atoms with Gasteiger partial charge in [-0.25, -0.2) is 4.39 Å². The lowest BCUT2D eigenvalue weighted by Gasteiger charge is -2.17. The molecule has 0 aliphatic carbocycles. The summed E-state index contributed by atoms with van der Waals surface area (Å²) >= 11 is 2.95. The Bertz CT molecular complexity index is 299. The number of phenols is 1. The van der Waals surface area contributed by atoms with Crippen LogP contribution in [0, 0.1) is 5.82 Å². The van der Waals surface area contributed by atoms with Crippen molar-refractivity contribution in [2.24, 2.45) is 0 Å². The fourth-order valence-corrected chi connectivity index (χ4v) is 1.45. The Morgan fingerprint density at radius 2 is 2.00 bits per heavy atom. The fourth-order valence-electron chi connectivity index (χ4n) is 1.10. The number of aromatic hydroxyl groups is 1. The molecule has 0 bridgehead atoms. The van der Waals surface area contributed by atoms with Gasteiger partial charge in [-0.3, -0.25) is 0 Å². The molecule has 1 rings (SSSR count). The van der Waals surface area contributed by atoms with Gasteiger partial charge in [-0.05, 0) is 12.1 Å². The molecule has 0 heterocycles. The van der Waals surface area contributed by atoms with E-state index in [1.807, 2.05) is 0 Å². The van der Waals surface area contributed by atoms with E-state index in [9.17, 15) is 19.7 Å². The van der Waals surface area contributed by atoms with Crippen LogP contribution in [0.5, 0.6) is 5.75 Å². The van der Waals surface area contributed by atoms with Crippen molar-refractivity contribution in [3.63, 3.8) is 0 Å². The normalized spacial score (nSPS) is 15.1. The zero-order valence-electron chi connectivity index (χ0n) is 7.19. The van der Waals surface area contributed by atoms with Gasteiger partial charge in [0, 0.05) is 5.33 Å². The molecule has 0 aliphatic heterocycles. The van der Waals surface area contributed by atoms with Crippen LogP contribution in [-0.2, 0) is 0 Å². The monoisotopic (exact) mass is 264 g/mol. The van der Waals surface area contributed by atoms with Gasteiger partial charge < -0.3 is 15.3 Å². The van der Waals surface area contributed by atoms with Crippen molar-refractivity contribution < 1.29 is 19.7 Å². The molecular formula is C9H10BrFO3. The minimum absolute atomic E-state index is 0.0991. The number of rotatable bonds is 3. The molecule has 5 heteroatoms. The first-order chi connectivity index (χ1) is 6.57. The summed E-state index contributed by atoms with van der Waals surface area (Å²) in [5.74, 6) is -1.10. The van der Waals surface area contributed by atoms with Gasteiger partial charge in [0.15, 0.2) is 0 Å². The first-order valence-electron chi connectivity index (χ1n) is 3.97. The summed E-state index contributed by atoms with van der Waals surface area (Å²) in [6.45, 7) is 0. The van der Waals surface area contributed by atoms with Crippen LogP contribution < -0.4 is 0 Å². The molecule has 0 spiro atoms. The van der Waals surface area contributed by atoms with E-state index < -0.39 is 18.0 Å². The molecule has 0 aromatic heterocycles. The van der Waals surface area contributed by atoms with Crippen molar-refractivity contribution in [1.82, 2.24) is 0 Å². The highest BCUT2D eigenvalue weighted by atomic mass is 79.9. The third-order valence-corrected chi connectivity index (χ3v) is 2.51. The molecule has 0 aliphatic rings. The molecule has 1 aromatic rings. The maximum Gasteiger partial charge on any atom is 0.132 e. The summed E-state index contributed by atoms with van der Waals surface area (Å²) in [4.78, 5) is 0. The summed E-state index contributed by atoms with van der Waals surface area (Å²) < 4.78 is 13.2. The highest BCUT2D eigenvalue weighted by Crippen LogP contribution is 2.29. The second kappa shape index (κ2) is 4.72. The molecular weight excluding hydrogens is 255 g/mol. The SMILES string of the molecule is Oc1cccc(F)c1C(O)C(O)CBr. The Morgan fingerprint density at radius 3 is 2.50 bits per heavy atom. The van der Waals surface area contributed by atoms with Gasteiger partial charge in [0.05, 0.1) is 11.7 Å². The van der Waals surface area contributed by atoms with Gasteiger partial charge >= 0.3 is 0 Å². The van der Waals surface area contributed by atoms with E-state index >= 15 is 0 Å². The van der Waals surface area contributed by atoms with Crippen LogP contribution in [0.3, 0.4) is 0 Å². The lowest BCUT2D eigenvalue weighted by Crippen LogP contribution is -2.20. The lowest BCUT2D eigenvalue weighted by molar-refractivity contribution is 0.0304. The van der Waals surface area contributed by atoms with Gasteiger partial charge in [0.25, 0.3) is 0 Å². The third kappa shape index (κ3) is 2.23. The van der Waals surface area contributed by atoms with E-state index in [0.29, 0.717) is 0 Å². The molecule has 0 amide bonds. The van der Waals surface area contributed by atoms with Crippen LogP contribution >= 0.6 is 15.9 Å². The molecule has 0 saturated carbocycles. The fraction of sp³-hybridized carbons (Fsp3) is 0.333. The average Bonchev–Trinajstić information content (AvgIpc) is 2.16. The third-order valence-electron chi connectivity index (χ3n) is 1.85. The average molecular weight is 265 g/mol. The maximum absolute atomic E-state index is 13.2. The Balaban J connectivity index is 3.05. The summed E-state index contributed by atoms with van der Waals surface area (Å²) in [7, 11) is 0. The zero-order chi connectivity index (χ0) is 10.7. The zero-order valence-corrected chi connectivity index (χ0v) is 8.78. The number of aliphatic hydroxyl groups excluding tert-OH is 2. The molecule has 14 heavy (non-hydrogen) atoms. The Hall–Kier alpha value is -0.650. The van der Waals surface area contributed by atoms with Crippen molar-refractivity contribution in [1.29, 1.82) is 0 Å². The lowest BCUT2D eigenvalue weighted by atomic mass is 10.0. The largest absolute Gasteiger partial charge is 0.507 e. The minimum atomic E-state index is -1.43. The Labute approximate surface area is 88.9 Å². The van der Waals surface area contributed by atoms with Crippen molar-refractivity contribution >= 4 is 15.9 Å². The van der Waals surface area contributed by atoms with Crippen molar-refractivity contribution in [3.8, 4) is 5.75 Å². The van der Waals surface area contributed by atoms with Gasteiger partial charge in [-0.15, -0.1) is 0 Å². The molecule has 0 radical (unpaired) electrons. The van der Waals surface area contributed by atoms with Crippen molar-refractivity contribution in [3.05, 3.63) is 29.6 Å². The van der Waals surface area contributed by atoms with E-state index in [-0.39, 0.29) is 16.6 Å². The minimum Gasteiger partial charge on any atom is -0.507 e. The number of aliphatic hydroxyl groups is 2. The highest BCUT2D eigenvalue weighted by molar-refractivity contribution is 9.09. The second-order valence-electron chi connectivity index (χ2n) is 2.84. The summed E-state index contributed by atoms with van der Waals surface area (Å²) in [6, 6.07) is 3.68. The molecule has 1 aromatic carbocycles. The standard InChI is InChI=1S/C9H10BrFO3/c10-4-7(13)9(14)8-5(11)2-1-3-6(8)12/h1-3,7,9,12-14H,4H2. The first-order valence-corrected chi connectivity index (χ1v) is 5.09. The molecule has 0 saturated heterocycles. The molecule has 2 atom stereocenters. The van der Waals surface area contributed by atoms with Gasteiger partial charge in [0.2, 0.25) is 0 Å². The number of hydrogen-bond donors (Lipinski definition) is 3. The predicted molar refractivity (Wildman–Crippen MR) is 52.8 cm³/mol. The molecule has 78 valence electrons. The molecule has 2 unspecified atom stereocenters. The quantitative estimate of drug-likeness (QED) is 0.722. The Morgan fingerprint density at radius 1 is 1.36 bits per heavy atom. The highest BCUT2D eigenvalue weighted by Gasteiger charge is 2.23. The maximum atomic E-state index is 13.2. The second-order valence-corrected chi connectivity index (χ2v) is 3.49. The van der Waals surface area contributed by atoms with Crippen molar-refractivity contribution in [2.75, 3.05) is 5.33 Å². The van der Waals surface area contributed by atoms with Gasteiger partial charge in [-0.1, -0.05) is 22.0 Å².